The lowest BCUT2D eigenvalue weighted by Crippen LogP contribution is -2.11. The average molecular weight is 544 g/mol. The van der Waals surface area contributed by atoms with E-state index in [0.29, 0.717) is 50.4 Å². The third-order valence-electron chi connectivity index (χ3n) is 6.73. The van der Waals surface area contributed by atoms with Gasteiger partial charge in [-0.1, -0.05) is 30.3 Å². The summed E-state index contributed by atoms with van der Waals surface area (Å²) in [6.07, 6.45) is 4.63. The minimum Gasteiger partial charge on any atom is -0.336 e. The van der Waals surface area contributed by atoms with Gasteiger partial charge in [0.2, 0.25) is 0 Å². The summed E-state index contributed by atoms with van der Waals surface area (Å²) >= 11 is 0. The molecule has 10 heteroatoms. The standard InChI is InChI=1S/C31H19F2N7O/c32-20-8-4-7-18(13-20)27-28-24(11-12-35-27)37-30(38-28)29-25-23(39-40-29)10-9-22(26(25)33)19-14-21(16-34-15-19)36-31(41)17-5-2-1-3-6-17/h1-16H,(H,36,41)(H,37,38)(H,39,40). The topological polar surface area (TPSA) is 112 Å². The van der Waals surface area contributed by atoms with Crippen LogP contribution in [-0.2, 0) is 0 Å². The van der Waals surface area contributed by atoms with Crippen molar-refractivity contribution in [1.82, 2.24) is 30.1 Å². The Bertz CT molecular complexity index is 2090. The van der Waals surface area contributed by atoms with Gasteiger partial charge in [-0.2, -0.15) is 5.10 Å². The van der Waals surface area contributed by atoms with E-state index in [0.717, 1.165) is 0 Å². The van der Waals surface area contributed by atoms with Crippen molar-refractivity contribution in [2.24, 2.45) is 0 Å². The summed E-state index contributed by atoms with van der Waals surface area (Å²) in [5.74, 6) is -0.879. The van der Waals surface area contributed by atoms with Crippen molar-refractivity contribution in [2.75, 3.05) is 5.32 Å². The molecule has 8 nitrogen and oxygen atoms in total. The van der Waals surface area contributed by atoms with E-state index in [1.807, 2.05) is 6.07 Å². The van der Waals surface area contributed by atoms with Gasteiger partial charge >= 0.3 is 0 Å². The molecular formula is C31H19F2N7O. The van der Waals surface area contributed by atoms with Crippen molar-refractivity contribution in [3.63, 3.8) is 0 Å². The van der Waals surface area contributed by atoms with Gasteiger partial charge in [0.05, 0.1) is 34.0 Å². The molecule has 0 radical (unpaired) electrons. The molecule has 0 spiro atoms. The summed E-state index contributed by atoms with van der Waals surface area (Å²) in [5, 5.41) is 10.3. The van der Waals surface area contributed by atoms with Crippen molar-refractivity contribution < 1.29 is 13.6 Å². The third kappa shape index (κ3) is 4.37. The number of hydrogen-bond acceptors (Lipinski definition) is 5. The summed E-state index contributed by atoms with van der Waals surface area (Å²) in [4.78, 5) is 29.1. The smallest absolute Gasteiger partial charge is 0.255 e. The van der Waals surface area contributed by atoms with Crippen LogP contribution in [0.25, 0.3) is 55.8 Å². The van der Waals surface area contributed by atoms with E-state index in [9.17, 15) is 9.18 Å². The quantitative estimate of drug-likeness (QED) is 0.222. The number of benzene rings is 3. The number of nitrogens with zero attached hydrogens (tertiary/aromatic N) is 4. The number of rotatable bonds is 5. The molecule has 3 N–H and O–H groups in total. The summed E-state index contributed by atoms with van der Waals surface area (Å²) < 4.78 is 30.1. The number of aromatic nitrogens is 6. The van der Waals surface area contributed by atoms with Gasteiger partial charge in [-0.3, -0.25) is 19.9 Å². The predicted molar refractivity (Wildman–Crippen MR) is 152 cm³/mol. The van der Waals surface area contributed by atoms with Crippen LogP contribution in [0.3, 0.4) is 0 Å². The van der Waals surface area contributed by atoms with Crippen LogP contribution in [0.1, 0.15) is 10.4 Å². The highest BCUT2D eigenvalue weighted by Gasteiger charge is 2.21. The third-order valence-corrected chi connectivity index (χ3v) is 6.73. The van der Waals surface area contributed by atoms with Crippen molar-refractivity contribution in [3.05, 3.63) is 115 Å². The fourth-order valence-electron chi connectivity index (χ4n) is 4.81. The zero-order valence-electron chi connectivity index (χ0n) is 21.2. The first-order chi connectivity index (χ1) is 20.0. The molecule has 0 saturated heterocycles. The second kappa shape index (κ2) is 9.76. The average Bonchev–Trinajstić information content (AvgIpc) is 3.63. The first-order valence-electron chi connectivity index (χ1n) is 12.6. The van der Waals surface area contributed by atoms with E-state index in [-0.39, 0.29) is 28.4 Å². The van der Waals surface area contributed by atoms with Crippen molar-refractivity contribution in [3.8, 4) is 33.9 Å². The first-order valence-corrected chi connectivity index (χ1v) is 12.6. The van der Waals surface area contributed by atoms with Crippen LogP contribution in [0, 0.1) is 11.6 Å². The van der Waals surface area contributed by atoms with E-state index < -0.39 is 5.82 Å². The number of fused-ring (bicyclic) bond motifs is 2. The summed E-state index contributed by atoms with van der Waals surface area (Å²) in [6, 6.07) is 21.6. The number of H-pyrrole nitrogens is 2. The number of nitrogens with one attached hydrogen (secondary N) is 3. The molecule has 0 aliphatic rings. The number of carbonyl (C=O) groups excluding carboxylic acids is 1. The second-order valence-electron chi connectivity index (χ2n) is 9.36. The lowest BCUT2D eigenvalue weighted by atomic mass is 10.0. The van der Waals surface area contributed by atoms with Crippen LogP contribution in [-0.4, -0.2) is 36.0 Å². The Morgan fingerprint density at radius 3 is 2.56 bits per heavy atom. The Labute approximate surface area is 231 Å². The molecule has 0 unspecified atom stereocenters. The number of aromatic amines is 2. The summed E-state index contributed by atoms with van der Waals surface area (Å²) in [5.41, 5.74) is 4.65. The molecule has 198 valence electrons. The van der Waals surface area contributed by atoms with Gasteiger partial charge in [0.25, 0.3) is 5.91 Å². The minimum atomic E-state index is -0.525. The van der Waals surface area contributed by atoms with Crippen molar-refractivity contribution >= 4 is 33.5 Å². The Hall–Kier alpha value is -5.77. The highest BCUT2D eigenvalue weighted by molar-refractivity contribution is 6.04. The Balaban J connectivity index is 1.29. The fourth-order valence-corrected chi connectivity index (χ4v) is 4.81. The van der Waals surface area contributed by atoms with E-state index >= 15 is 4.39 Å². The van der Waals surface area contributed by atoms with Gasteiger partial charge in [-0.25, -0.2) is 13.8 Å². The molecule has 1 amide bonds. The SMILES string of the molecule is O=C(Nc1cncc(-c2ccc3[nH]nc(-c4nc5c(-c6cccc(F)c6)nccc5[nH]4)c3c2F)c1)c1ccccc1. The summed E-state index contributed by atoms with van der Waals surface area (Å²) in [7, 11) is 0. The highest BCUT2D eigenvalue weighted by Crippen LogP contribution is 2.35. The van der Waals surface area contributed by atoms with Gasteiger partial charge in [-0.05, 0) is 48.5 Å². The fraction of sp³-hybridized carbons (Fsp3) is 0. The zero-order valence-corrected chi connectivity index (χ0v) is 21.2. The van der Waals surface area contributed by atoms with Gasteiger partial charge in [0.1, 0.15) is 22.8 Å². The molecule has 0 aliphatic carbocycles. The van der Waals surface area contributed by atoms with E-state index in [4.69, 9.17) is 0 Å². The lowest BCUT2D eigenvalue weighted by Gasteiger charge is -2.09. The van der Waals surface area contributed by atoms with Crippen LogP contribution in [0.2, 0.25) is 0 Å². The Kier molecular flexibility index (Phi) is 5.78. The van der Waals surface area contributed by atoms with E-state index in [2.05, 4.69) is 35.5 Å². The molecule has 0 atom stereocenters. The van der Waals surface area contributed by atoms with Gasteiger partial charge in [-0.15, -0.1) is 0 Å². The predicted octanol–water partition coefficient (Wildman–Crippen LogP) is 6.76. The number of amides is 1. The van der Waals surface area contributed by atoms with Gasteiger partial charge < -0.3 is 10.3 Å². The molecule has 0 aliphatic heterocycles. The van der Waals surface area contributed by atoms with Gasteiger partial charge in [0.15, 0.2) is 5.82 Å². The zero-order chi connectivity index (χ0) is 27.9. The molecule has 7 aromatic rings. The normalized spacial score (nSPS) is 11.3. The molecule has 7 rings (SSSR count). The molecule has 0 saturated carbocycles. The number of imidazole rings is 1. The summed E-state index contributed by atoms with van der Waals surface area (Å²) in [6.45, 7) is 0. The second-order valence-corrected chi connectivity index (χ2v) is 9.36. The monoisotopic (exact) mass is 543 g/mol. The maximum absolute atomic E-state index is 16.2. The first kappa shape index (κ1) is 24.3. The Morgan fingerprint density at radius 1 is 0.829 bits per heavy atom. The number of halogens is 2. The number of carbonyl (C=O) groups is 1. The molecule has 4 heterocycles. The molecule has 0 fully saturated rings. The van der Waals surface area contributed by atoms with Crippen LogP contribution in [0.15, 0.2) is 97.5 Å². The molecule has 0 bridgehead atoms. The van der Waals surface area contributed by atoms with Crippen molar-refractivity contribution in [1.29, 1.82) is 0 Å². The maximum atomic E-state index is 16.2. The molecule has 4 aromatic heterocycles. The van der Waals surface area contributed by atoms with Gasteiger partial charge in [0, 0.05) is 34.6 Å². The highest BCUT2D eigenvalue weighted by atomic mass is 19.1. The van der Waals surface area contributed by atoms with Crippen LogP contribution in [0.4, 0.5) is 14.5 Å². The van der Waals surface area contributed by atoms with E-state index in [1.165, 1.54) is 24.5 Å². The van der Waals surface area contributed by atoms with Crippen LogP contribution in [0.5, 0.6) is 0 Å². The van der Waals surface area contributed by atoms with Crippen molar-refractivity contribution in [2.45, 2.75) is 0 Å². The maximum Gasteiger partial charge on any atom is 0.255 e. The van der Waals surface area contributed by atoms with Crippen LogP contribution >= 0.6 is 0 Å². The number of hydrogen-bond donors (Lipinski definition) is 3. The molecule has 3 aromatic carbocycles. The van der Waals surface area contributed by atoms with E-state index in [1.54, 1.807) is 66.9 Å². The number of pyridine rings is 2. The van der Waals surface area contributed by atoms with Crippen LogP contribution < -0.4 is 5.32 Å². The molecular weight excluding hydrogens is 524 g/mol. The largest absolute Gasteiger partial charge is 0.336 e. The lowest BCUT2D eigenvalue weighted by molar-refractivity contribution is 0.102. The minimum absolute atomic E-state index is 0.237. The number of anilines is 1. The molecule has 41 heavy (non-hydrogen) atoms. The Morgan fingerprint density at radius 2 is 1.71 bits per heavy atom.